The number of nitrogens with zero attached hydrogens (tertiary/aromatic N) is 5. The first-order chi connectivity index (χ1) is 15.9. The number of aromatic nitrogens is 4. The lowest BCUT2D eigenvalue weighted by Crippen LogP contribution is -2.28. The van der Waals surface area contributed by atoms with E-state index in [1.54, 1.807) is 7.11 Å². The molecule has 33 heavy (non-hydrogen) atoms. The second-order valence-electron chi connectivity index (χ2n) is 9.30. The summed E-state index contributed by atoms with van der Waals surface area (Å²) in [6, 6.07) is 4.47. The topological polar surface area (TPSA) is 111 Å². The summed E-state index contributed by atoms with van der Waals surface area (Å²) in [6.45, 7) is 3.94. The van der Waals surface area contributed by atoms with Gasteiger partial charge in [0.2, 0.25) is 11.9 Å². The number of hydrogen-bond donors (Lipinski definition) is 2. The number of ether oxygens (including phenoxy) is 1. The highest BCUT2D eigenvalue weighted by Gasteiger charge is 2.28. The molecular formula is C24H31N7O2. The van der Waals surface area contributed by atoms with Crippen LogP contribution in [0.2, 0.25) is 0 Å². The first-order valence-corrected chi connectivity index (χ1v) is 11.6. The second kappa shape index (κ2) is 8.62. The van der Waals surface area contributed by atoms with Crippen LogP contribution in [0.3, 0.4) is 0 Å². The zero-order chi connectivity index (χ0) is 23.1. The average molecular weight is 450 g/mol. The largest absolute Gasteiger partial charge is 0.495 e. The fourth-order valence-corrected chi connectivity index (χ4v) is 5.10. The lowest BCUT2D eigenvalue weighted by Gasteiger charge is -2.27. The number of aryl methyl sites for hydroxylation is 1. The Labute approximate surface area is 193 Å². The summed E-state index contributed by atoms with van der Waals surface area (Å²) in [4.78, 5) is 23.3. The Morgan fingerprint density at radius 1 is 1.21 bits per heavy atom. The van der Waals surface area contributed by atoms with E-state index in [-0.39, 0.29) is 17.9 Å². The van der Waals surface area contributed by atoms with E-state index in [1.807, 2.05) is 17.8 Å². The number of likely N-dealkylation sites (N-methyl/N-ethyl adjacent to an activating group) is 1. The minimum absolute atomic E-state index is 0.0356. The Kier molecular flexibility index (Phi) is 5.65. The second-order valence-corrected chi connectivity index (χ2v) is 9.30. The van der Waals surface area contributed by atoms with Crippen molar-refractivity contribution in [1.29, 1.82) is 0 Å². The molecule has 3 heterocycles. The van der Waals surface area contributed by atoms with Crippen LogP contribution in [0.15, 0.2) is 18.3 Å². The molecule has 0 unspecified atom stereocenters. The fourth-order valence-electron chi connectivity index (χ4n) is 5.10. The third kappa shape index (κ3) is 4.13. The highest BCUT2D eigenvalue weighted by molar-refractivity contribution is 5.79. The molecule has 3 N–H and O–H groups in total. The maximum Gasteiger partial charge on any atom is 0.229 e. The Morgan fingerprint density at radius 2 is 2.00 bits per heavy atom. The third-order valence-corrected chi connectivity index (χ3v) is 7.05. The zero-order valence-corrected chi connectivity index (χ0v) is 19.5. The van der Waals surface area contributed by atoms with Crippen molar-refractivity contribution < 1.29 is 9.53 Å². The summed E-state index contributed by atoms with van der Waals surface area (Å²) in [5.74, 6) is 1.06. The third-order valence-electron chi connectivity index (χ3n) is 7.05. The van der Waals surface area contributed by atoms with Crippen LogP contribution in [0.25, 0.3) is 11.0 Å². The number of fused-ring (bicyclic) bond motifs is 2. The molecule has 1 amide bonds. The van der Waals surface area contributed by atoms with Crippen molar-refractivity contribution in [1.82, 2.24) is 24.6 Å². The van der Waals surface area contributed by atoms with E-state index in [0.29, 0.717) is 5.95 Å². The molecule has 5 rings (SSSR count). The van der Waals surface area contributed by atoms with Crippen LogP contribution in [-0.2, 0) is 17.8 Å². The summed E-state index contributed by atoms with van der Waals surface area (Å²) in [5, 5.41) is 9.09. The molecule has 174 valence electrons. The highest BCUT2D eigenvalue weighted by atomic mass is 16.5. The number of methoxy groups -OCH3 is 1. The van der Waals surface area contributed by atoms with Gasteiger partial charge < -0.3 is 20.7 Å². The van der Waals surface area contributed by atoms with Crippen LogP contribution in [0.4, 0.5) is 11.6 Å². The monoisotopic (exact) mass is 449 g/mol. The van der Waals surface area contributed by atoms with Crippen molar-refractivity contribution in [2.45, 2.75) is 51.6 Å². The van der Waals surface area contributed by atoms with Gasteiger partial charge in [0.1, 0.15) is 5.75 Å². The van der Waals surface area contributed by atoms with Gasteiger partial charge in [-0.25, -0.2) is 9.67 Å². The molecule has 1 aliphatic carbocycles. The van der Waals surface area contributed by atoms with Crippen LogP contribution in [0.5, 0.6) is 5.75 Å². The molecule has 1 fully saturated rings. The number of amides is 1. The Morgan fingerprint density at radius 3 is 2.73 bits per heavy atom. The Hall–Kier alpha value is -3.20. The summed E-state index contributed by atoms with van der Waals surface area (Å²) in [6.07, 6.45) is 6.15. The standard InChI is InChI=1S/C24H31N7O2/c1-14-19-12-26-24(27-20-10-17-13-30(2)9-8-16(17)11-21(20)33-3)28-23(19)31(29-14)18-6-4-15(5-7-18)22(25)32/h10-12,15,18H,4-9,13H2,1-3H3,(H2,25,32)(H,26,27,28)/t15-,18+. The Balaban J connectivity index is 1.45. The molecule has 3 aromatic rings. The summed E-state index contributed by atoms with van der Waals surface area (Å²) >= 11 is 0. The molecular weight excluding hydrogens is 418 g/mol. The minimum atomic E-state index is -0.200. The van der Waals surface area contributed by atoms with Gasteiger partial charge in [0.25, 0.3) is 0 Å². The van der Waals surface area contributed by atoms with Crippen molar-refractivity contribution in [2.75, 3.05) is 26.0 Å². The van der Waals surface area contributed by atoms with E-state index in [1.165, 1.54) is 11.1 Å². The lowest BCUT2D eigenvalue weighted by atomic mass is 9.86. The first kappa shape index (κ1) is 21.6. The van der Waals surface area contributed by atoms with E-state index in [9.17, 15) is 4.79 Å². The number of hydrogen-bond acceptors (Lipinski definition) is 7. The molecule has 0 saturated heterocycles. The van der Waals surface area contributed by atoms with Gasteiger partial charge in [-0.3, -0.25) is 4.79 Å². The van der Waals surface area contributed by atoms with Gasteiger partial charge in [0, 0.05) is 25.2 Å². The van der Waals surface area contributed by atoms with Gasteiger partial charge in [-0.05, 0) is 69.3 Å². The van der Waals surface area contributed by atoms with Crippen LogP contribution >= 0.6 is 0 Å². The quantitative estimate of drug-likeness (QED) is 0.616. The number of anilines is 2. The van der Waals surface area contributed by atoms with Gasteiger partial charge >= 0.3 is 0 Å². The van der Waals surface area contributed by atoms with Crippen molar-refractivity contribution >= 4 is 28.6 Å². The molecule has 9 heteroatoms. The molecule has 1 saturated carbocycles. The van der Waals surface area contributed by atoms with E-state index < -0.39 is 0 Å². The predicted molar refractivity (Wildman–Crippen MR) is 127 cm³/mol. The molecule has 0 radical (unpaired) electrons. The molecule has 9 nitrogen and oxygen atoms in total. The van der Waals surface area contributed by atoms with Crippen molar-refractivity contribution in [3.63, 3.8) is 0 Å². The van der Waals surface area contributed by atoms with Gasteiger partial charge in [-0.15, -0.1) is 0 Å². The van der Waals surface area contributed by atoms with Gasteiger partial charge in [-0.2, -0.15) is 10.1 Å². The predicted octanol–water partition coefficient (Wildman–Crippen LogP) is 3.09. The molecule has 2 aliphatic rings. The summed E-state index contributed by atoms with van der Waals surface area (Å²) in [5.41, 5.74) is 10.7. The van der Waals surface area contributed by atoms with E-state index in [0.717, 1.165) is 73.4 Å². The van der Waals surface area contributed by atoms with Crippen molar-refractivity contribution in [3.05, 3.63) is 35.2 Å². The SMILES string of the molecule is COc1cc2c(cc1Nc1ncc3c(C)nn([C@H]4CC[C@@H](C(N)=O)CC4)c3n1)CN(C)CC2. The minimum Gasteiger partial charge on any atom is -0.495 e. The van der Waals surface area contributed by atoms with E-state index in [4.69, 9.17) is 20.6 Å². The molecule has 1 aliphatic heterocycles. The van der Waals surface area contributed by atoms with Gasteiger partial charge in [0.05, 0.1) is 29.9 Å². The van der Waals surface area contributed by atoms with Gasteiger partial charge in [-0.1, -0.05) is 0 Å². The maximum atomic E-state index is 11.6. The normalized spacial score (nSPS) is 21.1. The molecule has 0 atom stereocenters. The summed E-state index contributed by atoms with van der Waals surface area (Å²) < 4.78 is 7.67. The highest BCUT2D eigenvalue weighted by Crippen LogP contribution is 2.35. The summed E-state index contributed by atoms with van der Waals surface area (Å²) in [7, 11) is 3.82. The van der Waals surface area contributed by atoms with Crippen LogP contribution in [-0.4, -0.2) is 51.3 Å². The Bertz CT molecular complexity index is 1200. The molecule has 1 aromatic carbocycles. The van der Waals surface area contributed by atoms with Crippen molar-refractivity contribution in [3.8, 4) is 5.75 Å². The van der Waals surface area contributed by atoms with Crippen LogP contribution in [0, 0.1) is 12.8 Å². The molecule has 0 bridgehead atoms. The number of primary amides is 1. The van der Waals surface area contributed by atoms with Crippen molar-refractivity contribution in [2.24, 2.45) is 11.7 Å². The van der Waals surface area contributed by atoms with Gasteiger partial charge in [0.15, 0.2) is 5.65 Å². The number of carbonyl (C=O) groups is 1. The number of nitrogens with one attached hydrogen (secondary N) is 1. The van der Waals surface area contributed by atoms with Crippen LogP contribution in [0.1, 0.15) is 48.5 Å². The molecule has 0 spiro atoms. The maximum absolute atomic E-state index is 11.6. The first-order valence-electron chi connectivity index (χ1n) is 11.6. The van der Waals surface area contributed by atoms with E-state index in [2.05, 4.69) is 34.4 Å². The number of nitrogens with two attached hydrogens (primary N) is 1. The number of rotatable bonds is 5. The number of carbonyl (C=O) groups excluding carboxylic acids is 1. The zero-order valence-electron chi connectivity index (χ0n) is 19.5. The average Bonchev–Trinajstić information content (AvgIpc) is 3.14. The van der Waals surface area contributed by atoms with Crippen LogP contribution < -0.4 is 15.8 Å². The molecule has 2 aromatic heterocycles. The fraction of sp³-hybridized carbons (Fsp3) is 0.500. The number of benzene rings is 1. The smallest absolute Gasteiger partial charge is 0.229 e. The lowest BCUT2D eigenvalue weighted by molar-refractivity contribution is -0.122. The van der Waals surface area contributed by atoms with E-state index >= 15 is 0 Å².